The van der Waals surface area contributed by atoms with Crippen molar-refractivity contribution in [2.45, 2.75) is 45.2 Å². The number of morpholine rings is 1. The number of methoxy groups -OCH3 is 2. The number of benzene rings is 1. The van der Waals surface area contributed by atoms with Gasteiger partial charge in [0, 0.05) is 43.2 Å². The van der Waals surface area contributed by atoms with Gasteiger partial charge < -0.3 is 18.8 Å². The standard InChI is InChI=1S/C23H32N2O4/c1-27-21-13-18-12-19(16-24-8-10-29-11-9-24)23(26)25(20(18)14-22(21)28-2)15-17-6-4-3-5-7-17/h12-14,17H,3-11,15-16H2,1-2H3. The van der Waals surface area contributed by atoms with Crippen LogP contribution in [0.4, 0.5) is 0 Å². The quantitative estimate of drug-likeness (QED) is 0.744. The number of pyridine rings is 1. The third kappa shape index (κ3) is 4.43. The van der Waals surface area contributed by atoms with Gasteiger partial charge in [0.2, 0.25) is 0 Å². The number of nitrogens with zero attached hydrogens (tertiary/aromatic N) is 2. The molecular weight excluding hydrogens is 368 g/mol. The monoisotopic (exact) mass is 400 g/mol. The Bertz CT molecular complexity index is 896. The molecule has 29 heavy (non-hydrogen) atoms. The molecule has 1 aromatic heterocycles. The van der Waals surface area contributed by atoms with Gasteiger partial charge in [-0.25, -0.2) is 0 Å². The molecule has 1 aliphatic heterocycles. The Balaban J connectivity index is 1.78. The number of rotatable bonds is 6. The lowest BCUT2D eigenvalue weighted by Crippen LogP contribution is -2.38. The molecule has 2 heterocycles. The number of hydrogen-bond donors (Lipinski definition) is 0. The van der Waals surface area contributed by atoms with Crippen LogP contribution in [0.15, 0.2) is 23.0 Å². The van der Waals surface area contributed by atoms with Crippen molar-refractivity contribution >= 4 is 10.9 Å². The lowest BCUT2D eigenvalue weighted by molar-refractivity contribution is 0.0339. The molecule has 6 nitrogen and oxygen atoms in total. The second kappa shape index (κ2) is 9.18. The SMILES string of the molecule is COc1cc2cc(CN3CCOCC3)c(=O)n(CC3CCCCC3)c2cc1OC. The van der Waals surface area contributed by atoms with Gasteiger partial charge in [0.25, 0.3) is 5.56 Å². The van der Waals surface area contributed by atoms with E-state index in [1.807, 2.05) is 22.8 Å². The fraction of sp³-hybridized carbons (Fsp3) is 0.609. The predicted octanol–water partition coefficient (Wildman–Crippen LogP) is 3.43. The van der Waals surface area contributed by atoms with Crippen molar-refractivity contribution in [3.63, 3.8) is 0 Å². The zero-order valence-electron chi connectivity index (χ0n) is 17.6. The highest BCUT2D eigenvalue weighted by molar-refractivity contribution is 5.83. The smallest absolute Gasteiger partial charge is 0.255 e. The molecule has 2 fully saturated rings. The van der Waals surface area contributed by atoms with Crippen molar-refractivity contribution in [1.82, 2.24) is 9.47 Å². The molecule has 2 aliphatic rings. The number of hydrogen-bond acceptors (Lipinski definition) is 5. The van der Waals surface area contributed by atoms with Gasteiger partial charge in [0.1, 0.15) is 0 Å². The average molecular weight is 401 g/mol. The Morgan fingerprint density at radius 1 is 1.00 bits per heavy atom. The predicted molar refractivity (Wildman–Crippen MR) is 114 cm³/mol. The topological polar surface area (TPSA) is 52.9 Å². The Morgan fingerprint density at radius 3 is 2.38 bits per heavy atom. The van der Waals surface area contributed by atoms with Crippen LogP contribution in [0.1, 0.15) is 37.7 Å². The van der Waals surface area contributed by atoms with Crippen LogP contribution in [0.3, 0.4) is 0 Å². The van der Waals surface area contributed by atoms with E-state index in [0.29, 0.717) is 24.0 Å². The molecular formula is C23H32N2O4. The zero-order valence-corrected chi connectivity index (χ0v) is 17.6. The van der Waals surface area contributed by atoms with Crippen molar-refractivity contribution in [2.24, 2.45) is 5.92 Å². The molecule has 0 amide bonds. The fourth-order valence-electron chi connectivity index (χ4n) is 4.69. The third-order valence-corrected chi connectivity index (χ3v) is 6.34. The van der Waals surface area contributed by atoms with E-state index >= 15 is 0 Å². The summed E-state index contributed by atoms with van der Waals surface area (Å²) in [6, 6.07) is 5.98. The summed E-state index contributed by atoms with van der Waals surface area (Å²) in [6.07, 6.45) is 6.25. The van der Waals surface area contributed by atoms with Gasteiger partial charge in [-0.15, -0.1) is 0 Å². The maximum atomic E-state index is 13.5. The number of fused-ring (bicyclic) bond motifs is 1. The minimum Gasteiger partial charge on any atom is -0.493 e. The Hall–Kier alpha value is -2.05. The van der Waals surface area contributed by atoms with Gasteiger partial charge in [0.05, 0.1) is 33.0 Å². The molecule has 1 saturated carbocycles. The fourth-order valence-corrected chi connectivity index (χ4v) is 4.69. The van der Waals surface area contributed by atoms with E-state index in [1.165, 1.54) is 32.1 Å². The zero-order chi connectivity index (χ0) is 20.2. The van der Waals surface area contributed by atoms with Gasteiger partial charge in [0.15, 0.2) is 11.5 Å². The molecule has 0 unspecified atom stereocenters. The summed E-state index contributed by atoms with van der Waals surface area (Å²) in [5.74, 6) is 1.93. The highest BCUT2D eigenvalue weighted by Gasteiger charge is 2.20. The van der Waals surface area contributed by atoms with Crippen LogP contribution in [0.5, 0.6) is 11.5 Å². The van der Waals surface area contributed by atoms with E-state index in [1.54, 1.807) is 14.2 Å². The summed E-state index contributed by atoms with van der Waals surface area (Å²) in [5.41, 5.74) is 1.91. The van der Waals surface area contributed by atoms with E-state index < -0.39 is 0 Å². The molecule has 0 bridgehead atoms. The Labute approximate surface area is 172 Å². The van der Waals surface area contributed by atoms with Crippen molar-refractivity contribution in [2.75, 3.05) is 40.5 Å². The summed E-state index contributed by atoms with van der Waals surface area (Å²) < 4.78 is 18.5. The van der Waals surface area contributed by atoms with Crippen LogP contribution in [0.2, 0.25) is 0 Å². The normalized spacial score (nSPS) is 18.8. The minimum absolute atomic E-state index is 0.127. The second-order valence-corrected chi connectivity index (χ2v) is 8.24. The largest absolute Gasteiger partial charge is 0.493 e. The lowest BCUT2D eigenvalue weighted by Gasteiger charge is -2.27. The average Bonchev–Trinajstić information content (AvgIpc) is 2.77. The van der Waals surface area contributed by atoms with Gasteiger partial charge in [-0.2, -0.15) is 0 Å². The summed E-state index contributed by atoms with van der Waals surface area (Å²) in [4.78, 5) is 15.8. The first-order valence-corrected chi connectivity index (χ1v) is 10.8. The summed E-state index contributed by atoms with van der Waals surface area (Å²) in [6.45, 7) is 4.64. The lowest BCUT2D eigenvalue weighted by atomic mass is 9.89. The van der Waals surface area contributed by atoms with E-state index in [9.17, 15) is 4.79 Å². The number of aromatic nitrogens is 1. The highest BCUT2D eigenvalue weighted by atomic mass is 16.5. The first-order valence-electron chi connectivity index (χ1n) is 10.8. The molecule has 1 aliphatic carbocycles. The third-order valence-electron chi connectivity index (χ3n) is 6.34. The van der Waals surface area contributed by atoms with E-state index in [0.717, 1.165) is 49.3 Å². The molecule has 0 atom stereocenters. The molecule has 0 radical (unpaired) electrons. The summed E-state index contributed by atoms with van der Waals surface area (Å²) >= 11 is 0. The number of ether oxygens (including phenoxy) is 3. The van der Waals surface area contributed by atoms with Crippen LogP contribution < -0.4 is 15.0 Å². The van der Waals surface area contributed by atoms with Crippen molar-refractivity contribution in [1.29, 1.82) is 0 Å². The van der Waals surface area contributed by atoms with Crippen LogP contribution in [-0.2, 0) is 17.8 Å². The van der Waals surface area contributed by atoms with Gasteiger partial charge in [-0.3, -0.25) is 9.69 Å². The molecule has 1 saturated heterocycles. The second-order valence-electron chi connectivity index (χ2n) is 8.24. The molecule has 4 rings (SSSR count). The van der Waals surface area contributed by atoms with Crippen molar-refractivity contribution in [3.05, 3.63) is 34.1 Å². The van der Waals surface area contributed by atoms with Gasteiger partial charge in [-0.1, -0.05) is 19.3 Å². The van der Waals surface area contributed by atoms with Crippen molar-refractivity contribution in [3.8, 4) is 11.5 Å². The van der Waals surface area contributed by atoms with Crippen molar-refractivity contribution < 1.29 is 14.2 Å². The maximum Gasteiger partial charge on any atom is 0.255 e. The summed E-state index contributed by atoms with van der Waals surface area (Å²) in [5, 5.41) is 1.03. The molecule has 158 valence electrons. The Morgan fingerprint density at radius 2 is 1.69 bits per heavy atom. The minimum atomic E-state index is 0.127. The maximum absolute atomic E-state index is 13.5. The summed E-state index contributed by atoms with van der Waals surface area (Å²) in [7, 11) is 3.29. The molecule has 6 heteroatoms. The van der Waals surface area contributed by atoms with E-state index in [4.69, 9.17) is 14.2 Å². The first-order chi connectivity index (χ1) is 14.2. The molecule has 1 aromatic carbocycles. The molecule has 0 N–H and O–H groups in total. The Kier molecular flexibility index (Phi) is 6.40. The molecule has 0 spiro atoms. The van der Waals surface area contributed by atoms with Crippen LogP contribution in [-0.4, -0.2) is 50.0 Å². The molecule has 2 aromatic rings. The van der Waals surface area contributed by atoms with E-state index in [2.05, 4.69) is 4.90 Å². The first kappa shape index (κ1) is 20.2. The van der Waals surface area contributed by atoms with E-state index in [-0.39, 0.29) is 5.56 Å². The highest BCUT2D eigenvalue weighted by Crippen LogP contribution is 2.33. The van der Waals surface area contributed by atoms with Crippen LogP contribution >= 0.6 is 0 Å². The van der Waals surface area contributed by atoms with Crippen LogP contribution in [0, 0.1) is 5.92 Å². The van der Waals surface area contributed by atoms with Gasteiger partial charge in [-0.05, 0) is 30.9 Å². The van der Waals surface area contributed by atoms with Gasteiger partial charge >= 0.3 is 0 Å². The van der Waals surface area contributed by atoms with Crippen LogP contribution in [0.25, 0.3) is 10.9 Å².